The second-order valence-corrected chi connectivity index (χ2v) is 4.51. The highest BCUT2D eigenvalue weighted by Gasteiger charge is 2.13. The normalized spacial score (nSPS) is 21.6. The predicted molar refractivity (Wildman–Crippen MR) is 61.2 cm³/mol. The van der Waals surface area contributed by atoms with Gasteiger partial charge in [-0.2, -0.15) is 0 Å². The van der Waals surface area contributed by atoms with E-state index in [0.717, 1.165) is 19.3 Å². The highest BCUT2D eigenvalue weighted by Crippen LogP contribution is 2.26. The zero-order valence-electron chi connectivity index (χ0n) is 9.42. The van der Waals surface area contributed by atoms with Crippen molar-refractivity contribution in [3.63, 3.8) is 0 Å². The number of hydrogen-bond donors (Lipinski definition) is 1. The van der Waals surface area contributed by atoms with Gasteiger partial charge in [0.25, 0.3) is 0 Å². The van der Waals surface area contributed by atoms with Gasteiger partial charge in [0, 0.05) is 6.61 Å². The largest absolute Gasteiger partial charge is 0.396 e. The summed E-state index contributed by atoms with van der Waals surface area (Å²) in [4.78, 5) is 0. The summed E-state index contributed by atoms with van der Waals surface area (Å²) in [5.74, 6) is 0.529. The summed E-state index contributed by atoms with van der Waals surface area (Å²) in [6.07, 6.45) is 10.5. The SMILES string of the molecule is CC(C)=CCCC1=CCCC(CO)C1. The van der Waals surface area contributed by atoms with Crippen molar-refractivity contribution in [3.05, 3.63) is 23.3 Å². The first-order valence-electron chi connectivity index (χ1n) is 5.64. The van der Waals surface area contributed by atoms with Crippen LogP contribution in [-0.4, -0.2) is 11.7 Å². The van der Waals surface area contributed by atoms with Crippen LogP contribution in [0, 0.1) is 5.92 Å². The first-order valence-corrected chi connectivity index (χ1v) is 5.64. The average Bonchev–Trinajstić information content (AvgIpc) is 2.18. The van der Waals surface area contributed by atoms with E-state index in [0.29, 0.717) is 12.5 Å². The second-order valence-electron chi connectivity index (χ2n) is 4.51. The predicted octanol–water partition coefficient (Wildman–Crippen LogP) is 3.45. The number of allylic oxidation sites excluding steroid dienone is 4. The molecule has 1 aliphatic rings. The van der Waals surface area contributed by atoms with Crippen LogP contribution in [0.2, 0.25) is 0 Å². The Morgan fingerprint density at radius 2 is 2.36 bits per heavy atom. The molecule has 0 aliphatic heterocycles. The van der Waals surface area contributed by atoms with Crippen molar-refractivity contribution in [2.75, 3.05) is 6.61 Å². The number of aliphatic hydroxyl groups is 1. The molecule has 0 bridgehead atoms. The summed E-state index contributed by atoms with van der Waals surface area (Å²) >= 11 is 0. The number of rotatable bonds is 4. The van der Waals surface area contributed by atoms with Crippen molar-refractivity contribution in [2.24, 2.45) is 5.92 Å². The first-order chi connectivity index (χ1) is 6.72. The Balaban J connectivity index is 2.31. The molecule has 0 heterocycles. The summed E-state index contributed by atoms with van der Waals surface area (Å²) < 4.78 is 0. The van der Waals surface area contributed by atoms with Crippen molar-refractivity contribution >= 4 is 0 Å². The molecular weight excluding hydrogens is 172 g/mol. The molecule has 14 heavy (non-hydrogen) atoms. The molecule has 1 aliphatic carbocycles. The molecule has 0 saturated carbocycles. The lowest BCUT2D eigenvalue weighted by atomic mass is 9.87. The fourth-order valence-corrected chi connectivity index (χ4v) is 1.99. The highest BCUT2D eigenvalue weighted by atomic mass is 16.3. The van der Waals surface area contributed by atoms with Crippen LogP contribution in [0.15, 0.2) is 23.3 Å². The van der Waals surface area contributed by atoms with E-state index >= 15 is 0 Å². The van der Waals surface area contributed by atoms with Crippen molar-refractivity contribution in [2.45, 2.75) is 46.0 Å². The van der Waals surface area contributed by atoms with Crippen LogP contribution in [0.25, 0.3) is 0 Å². The molecule has 1 atom stereocenters. The lowest BCUT2D eigenvalue weighted by Crippen LogP contribution is -2.10. The fourth-order valence-electron chi connectivity index (χ4n) is 1.99. The Kier molecular flexibility index (Phi) is 4.95. The summed E-state index contributed by atoms with van der Waals surface area (Å²) in [7, 11) is 0. The van der Waals surface area contributed by atoms with Crippen LogP contribution in [0.1, 0.15) is 46.0 Å². The quantitative estimate of drug-likeness (QED) is 0.680. The van der Waals surface area contributed by atoms with E-state index in [9.17, 15) is 0 Å². The summed E-state index contributed by atoms with van der Waals surface area (Å²) in [5.41, 5.74) is 2.95. The van der Waals surface area contributed by atoms with Crippen molar-refractivity contribution in [1.82, 2.24) is 0 Å². The molecule has 1 nitrogen and oxygen atoms in total. The van der Waals surface area contributed by atoms with Crippen LogP contribution in [-0.2, 0) is 0 Å². The topological polar surface area (TPSA) is 20.2 Å². The molecule has 0 aromatic rings. The van der Waals surface area contributed by atoms with Crippen molar-refractivity contribution in [3.8, 4) is 0 Å². The van der Waals surface area contributed by atoms with Gasteiger partial charge >= 0.3 is 0 Å². The molecule has 0 aromatic carbocycles. The zero-order chi connectivity index (χ0) is 10.4. The highest BCUT2D eigenvalue weighted by molar-refractivity contribution is 5.08. The van der Waals surface area contributed by atoms with Crippen LogP contribution in [0.5, 0.6) is 0 Å². The van der Waals surface area contributed by atoms with Gasteiger partial charge in [0.2, 0.25) is 0 Å². The Bertz CT molecular complexity index is 221. The molecule has 0 amide bonds. The standard InChI is InChI=1S/C13H22O/c1-11(2)5-3-6-12-7-4-8-13(9-12)10-14/h5,7,13-14H,3-4,6,8-10H2,1-2H3. The van der Waals surface area contributed by atoms with Gasteiger partial charge in [-0.15, -0.1) is 0 Å². The van der Waals surface area contributed by atoms with Gasteiger partial charge in [0.05, 0.1) is 0 Å². The molecule has 0 aromatic heterocycles. The lowest BCUT2D eigenvalue weighted by Gasteiger charge is -2.20. The fraction of sp³-hybridized carbons (Fsp3) is 0.692. The maximum absolute atomic E-state index is 9.08. The minimum atomic E-state index is 0.361. The van der Waals surface area contributed by atoms with Crippen molar-refractivity contribution < 1.29 is 5.11 Å². The molecule has 1 N–H and O–H groups in total. The second kappa shape index (κ2) is 6.02. The van der Waals surface area contributed by atoms with E-state index in [1.54, 1.807) is 5.57 Å². The maximum atomic E-state index is 9.08. The lowest BCUT2D eigenvalue weighted by molar-refractivity contribution is 0.214. The zero-order valence-corrected chi connectivity index (χ0v) is 9.42. The Morgan fingerprint density at radius 1 is 1.57 bits per heavy atom. The summed E-state index contributed by atoms with van der Waals surface area (Å²) in [5, 5.41) is 9.08. The van der Waals surface area contributed by atoms with Crippen LogP contribution in [0.4, 0.5) is 0 Å². The van der Waals surface area contributed by atoms with Gasteiger partial charge in [0.15, 0.2) is 0 Å². The molecule has 1 unspecified atom stereocenters. The minimum absolute atomic E-state index is 0.361. The number of aliphatic hydroxyl groups excluding tert-OH is 1. The van der Waals surface area contributed by atoms with E-state index in [1.807, 2.05) is 0 Å². The molecule has 80 valence electrons. The van der Waals surface area contributed by atoms with Crippen LogP contribution >= 0.6 is 0 Å². The van der Waals surface area contributed by atoms with E-state index in [2.05, 4.69) is 26.0 Å². The third kappa shape index (κ3) is 4.10. The number of hydrogen-bond acceptors (Lipinski definition) is 1. The van der Waals surface area contributed by atoms with Gasteiger partial charge in [-0.05, 0) is 51.9 Å². The maximum Gasteiger partial charge on any atom is 0.0462 e. The van der Waals surface area contributed by atoms with Gasteiger partial charge in [-0.1, -0.05) is 23.3 Å². The van der Waals surface area contributed by atoms with E-state index in [4.69, 9.17) is 5.11 Å². The third-order valence-electron chi connectivity index (χ3n) is 2.84. The minimum Gasteiger partial charge on any atom is -0.396 e. The Morgan fingerprint density at radius 3 is 3.00 bits per heavy atom. The van der Waals surface area contributed by atoms with E-state index in [-0.39, 0.29) is 0 Å². The monoisotopic (exact) mass is 194 g/mol. The summed E-state index contributed by atoms with van der Waals surface area (Å²) in [6.45, 7) is 4.65. The smallest absolute Gasteiger partial charge is 0.0462 e. The van der Waals surface area contributed by atoms with Gasteiger partial charge < -0.3 is 5.11 Å². The van der Waals surface area contributed by atoms with Crippen LogP contribution < -0.4 is 0 Å². The Hall–Kier alpha value is -0.560. The average molecular weight is 194 g/mol. The third-order valence-corrected chi connectivity index (χ3v) is 2.84. The van der Waals surface area contributed by atoms with E-state index < -0.39 is 0 Å². The molecule has 1 heteroatoms. The van der Waals surface area contributed by atoms with Crippen LogP contribution in [0.3, 0.4) is 0 Å². The van der Waals surface area contributed by atoms with Gasteiger partial charge in [-0.3, -0.25) is 0 Å². The molecule has 0 radical (unpaired) electrons. The van der Waals surface area contributed by atoms with Gasteiger partial charge in [-0.25, -0.2) is 0 Å². The first kappa shape index (κ1) is 11.5. The Labute approximate surface area is 87.5 Å². The van der Waals surface area contributed by atoms with Crippen molar-refractivity contribution in [1.29, 1.82) is 0 Å². The molecule has 0 saturated heterocycles. The molecular formula is C13H22O. The summed E-state index contributed by atoms with van der Waals surface area (Å²) in [6, 6.07) is 0. The molecule has 0 spiro atoms. The molecule has 0 fully saturated rings. The van der Waals surface area contributed by atoms with Gasteiger partial charge in [0.1, 0.15) is 0 Å². The van der Waals surface area contributed by atoms with E-state index in [1.165, 1.54) is 18.4 Å². The molecule has 1 rings (SSSR count).